The Balaban J connectivity index is 2.60. The highest BCUT2D eigenvalue weighted by Gasteiger charge is 2.66. The molecule has 0 saturated heterocycles. The normalized spacial score (nSPS) is 23.8. The minimum Gasteiger partial charge on any atom is -0.396 e. The molecular formula is C7H11F3O2. The summed E-state index contributed by atoms with van der Waals surface area (Å²) in [5, 5.41) is 17.5. The molecule has 1 fully saturated rings. The first-order valence-corrected chi connectivity index (χ1v) is 3.80. The van der Waals surface area contributed by atoms with Crippen molar-refractivity contribution in [1.29, 1.82) is 0 Å². The molecule has 1 saturated carbocycles. The predicted octanol–water partition coefficient (Wildman–Crippen LogP) is 1.07. The van der Waals surface area contributed by atoms with Gasteiger partial charge in [0.25, 0.3) is 0 Å². The molecule has 0 aromatic rings. The Morgan fingerprint density at radius 2 is 1.83 bits per heavy atom. The van der Waals surface area contributed by atoms with Crippen molar-refractivity contribution < 1.29 is 23.4 Å². The standard InChI is InChI=1S/C7H11F3O2/c8-7(9,10)6(2-3-6)5(12)1-4-11/h5,11-12H,1-4H2. The molecule has 2 N–H and O–H groups in total. The second-order valence-corrected chi connectivity index (χ2v) is 3.18. The quantitative estimate of drug-likeness (QED) is 0.688. The van der Waals surface area contributed by atoms with Crippen LogP contribution in [0.5, 0.6) is 0 Å². The van der Waals surface area contributed by atoms with Gasteiger partial charge < -0.3 is 10.2 Å². The Kier molecular flexibility index (Phi) is 2.35. The van der Waals surface area contributed by atoms with Crippen LogP contribution < -0.4 is 0 Å². The third kappa shape index (κ3) is 1.43. The van der Waals surface area contributed by atoms with Gasteiger partial charge in [-0.05, 0) is 19.3 Å². The Morgan fingerprint density at radius 1 is 1.33 bits per heavy atom. The molecule has 1 rings (SSSR count). The van der Waals surface area contributed by atoms with Gasteiger partial charge in [0, 0.05) is 6.61 Å². The molecule has 1 aliphatic rings. The lowest BCUT2D eigenvalue weighted by Gasteiger charge is -2.24. The lowest BCUT2D eigenvalue weighted by atomic mass is 9.96. The maximum Gasteiger partial charge on any atom is 0.396 e. The summed E-state index contributed by atoms with van der Waals surface area (Å²) >= 11 is 0. The molecular weight excluding hydrogens is 173 g/mol. The first-order valence-electron chi connectivity index (χ1n) is 3.80. The van der Waals surface area contributed by atoms with Crippen molar-refractivity contribution in [2.45, 2.75) is 31.5 Å². The van der Waals surface area contributed by atoms with E-state index >= 15 is 0 Å². The first kappa shape index (κ1) is 9.80. The molecule has 0 bridgehead atoms. The summed E-state index contributed by atoms with van der Waals surface area (Å²) in [6, 6.07) is 0. The van der Waals surface area contributed by atoms with Crippen LogP contribution in [0.1, 0.15) is 19.3 Å². The molecule has 0 aliphatic heterocycles. The van der Waals surface area contributed by atoms with E-state index in [4.69, 9.17) is 10.2 Å². The maximum atomic E-state index is 12.2. The van der Waals surface area contributed by atoms with Gasteiger partial charge in [-0.15, -0.1) is 0 Å². The van der Waals surface area contributed by atoms with E-state index in [2.05, 4.69) is 0 Å². The zero-order valence-corrected chi connectivity index (χ0v) is 6.43. The molecule has 0 aromatic carbocycles. The molecule has 0 radical (unpaired) electrons. The SMILES string of the molecule is OCCC(O)C1(C(F)(F)F)CC1. The third-order valence-corrected chi connectivity index (χ3v) is 2.39. The summed E-state index contributed by atoms with van der Waals surface area (Å²) in [6.07, 6.45) is -6.00. The third-order valence-electron chi connectivity index (χ3n) is 2.39. The molecule has 1 aliphatic carbocycles. The van der Waals surface area contributed by atoms with Crippen molar-refractivity contribution in [3.8, 4) is 0 Å². The van der Waals surface area contributed by atoms with E-state index in [9.17, 15) is 13.2 Å². The average molecular weight is 184 g/mol. The second-order valence-electron chi connectivity index (χ2n) is 3.18. The minimum absolute atomic E-state index is 0.0162. The van der Waals surface area contributed by atoms with E-state index in [0.29, 0.717) is 0 Å². The molecule has 72 valence electrons. The monoisotopic (exact) mass is 184 g/mol. The number of rotatable bonds is 3. The van der Waals surface area contributed by atoms with Crippen LogP contribution in [0.2, 0.25) is 0 Å². The second kappa shape index (κ2) is 2.88. The van der Waals surface area contributed by atoms with Crippen molar-refractivity contribution in [2.24, 2.45) is 5.41 Å². The van der Waals surface area contributed by atoms with Gasteiger partial charge in [-0.3, -0.25) is 0 Å². The average Bonchev–Trinajstić information content (AvgIpc) is 2.63. The van der Waals surface area contributed by atoms with Gasteiger partial charge in [-0.25, -0.2) is 0 Å². The van der Waals surface area contributed by atoms with Crippen LogP contribution in [0, 0.1) is 5.41 Å². The van der Waals surface area contributed by atoms with Crippen LogP contribution in [0.3, 0.4) is 0 Å². The fourth-order valence-corrected chi connectivity index (χ4v) is 1.34. The molecule has 0 heterocycles. The van der Waals surface area contributed by atoms with Crippen molar-refractivity contribution in [1.82, 2.24) is 0 Å². The Morgan fingerprint density at radius 3 is 2.08 bits per heavy atom. The highest BCUT2D eigenvalue weighted by Crippen LogP contribution is 2.60. The van der Waals surface area contributed by atoms with E-state index < -0.39 is 24.3 Å². The smallest absolute Gasteiger partial charge is 0.396 e. The Labute approximate surface area is 68.0 Å². The van der Waals surface area contributed by atoms with Crippen LogP contribution in [0.4, 0.5) is 13.2 Å². The summed E-state index contributed by atoms with van der Waals surface area (Å²) in [7, 11) is 0. The van der Waals surface area contributed by atoms with Gasteiger partial charge in [-0.1, -0.05) is 0 Å². The van der Waals surface area contributed by atoms with Crippen LogP contribution in [0.25, 0.3) is 0 Å². The van der Waals surface area contributed by atoms with Gasteiger partial charge in [-0.2, -0.15) is 13.2 Å². The molecule has 0 spiro atoms. The van der Waals surface area contributed by atoms with E-state index in [1.165, 1.54) is 0 Å². The number of hydrogen-bond acceptors (Lipinski definition) is 2. The summed E-state index contributed by atoms with van der Waals surface area (Å²) in [5.41, 5.74) is -1.91. The van der Waals surface area contributed by atoms with Crippen molar-refractivity contribution in [3.63, 3.8) is 0 Å². The number of hydrogen-bond donors (Lipinski definition) is 2. The fourth-order valence-electron chi connectivity index (χ4n) is 1.34. The lowest BCUT2D eigenvalue weighted by Crippen LogP contribution is -2.36. The van der Waals surface area contributed by atoms with Crippen LogP contribution in [-0.2, 0) is 0 Å². The molecule has 5 heteroatoms. The van der Waals surface area contributed by atoms with E-state index in [-0.39, 0.29) is 19.3 Å². The van der Waals surface area contributed by atoms with Gasteiger partial charge >= 0.3 is 6.18 Å². The van der Waals surface area contributed by atoms with Gasteiger partial charge in [0.2, 0.25) is 0 Å². The Hall–Kier alpha value is -0.290. The van der Waals surface area contributed by atoms with E-state index in [1.807, 2.05) is 0 Å². The number of halogens is 3. The highest BCUT2D eigenvalue weighted by atomic mass is 19.4. The van der Waals surface area contributed by atoms with E-state index in [0.717, 1.165) is 0 Å². The number of aliphatic hydroxyl groups is 2. The van der Waals surface area contributed by atoms with Crippen LogP contribution >= 0.6 is 0 Å². The topological polar surface area (TPSA) is 40.5 Å². The van der Waals surface area contributed by atoms with Gasteiger partial charge in [0.15, 0.2) is 0 Å². The van der Waals surface area contributed by atoms with Gasteiger partial charge in [0.05, 0.1) is 11.5 Å². The minimum atomic E-state index is -4.33. The molecule has 0 aromatic heterocycles. The molecule has 1 atom stereocenters. The zero-order chi connectivity index (χ0) is 9.41. The maximum absolute atomic E-state index is 12.2. The first-order chi connectivity index (χ1) is 5.44. The summed E-state index contributed by atoms with van der Waals surface area (Å²) in [5.74, 6) is 0. The zero-order valence-electron chi connectivity index (χ0n) is 6.43. The number of alkyl halides is 3. The Bertz CT molecular complexity index is 163. The molecule has 1 unspecified atom stereocenters. The van der Waals surface area contributed by atoms with Gasteiger partial charge in [0.1, 0.15) is 0 Å². The summed E-state index contributed by atoms with van der Waals surface area (Å²) < 4.78 is 36.7. The highest BCUT2D eigenvalue weighted by molar-refractivity contribution is 5.03. The van der Waals surface area contributed by atoms with Crippen molar-refractivity contribution in [3.05, 3.63) is 0 Å². The summed E-state index contributed by atoms with van der Waals surface area (Å²) in [6.45, 7) is -0.404. The largest absolute Gasteiger partial charge is 0.396 e. The van der Waals surface area contributed by atoms with Crippen LogP contribution in [-0.4, -0.2) is 29.1 Å². The predicted molar refractivity (Wildman–Crippen MR) is 35.4 cm³/mol. The van der Waals surface area contributed by atoms with E-state index in [1.54, 1.807) is 0 Å². The van der Waals surface area contributed by atoms with Crippen LogP contribution in [0.15, 0.2) is 0 Å². The molecule has 2 nitrogen and oxygen atoms in total. The lowest BCUT2D eigenvalue weighted by molar-refractivity contribution is -0.215. The van der Waals surface area contributed by atoms with Crippen molar-refractivity contribution >= 4 is 0 Å². The summed E-state index contributed by atoms with van der Waals surface area (Å²) in [4.78, 5) is 0. The fraction of sp³-hybridized carbons (Fsp3) is 1.00. The van der Waals surface area contributed by atoms with Crippen molar-refractivity contribution in [2.75, 3.05) is 6.61 Å². The molecule has 12 heavy (non-hydrogen) atoms. The molecule has 0 amide bonds. The number of aliphatic hydroxyl groups excluding tert-OH is 2.